The molecule has 4 N–H and O–H groups in total. The van der Waals surface area contributed by atoms with E-state index in [9.17, 15) is 0 Å². The fourth-order valence-electron chi connectivity index (χ4n) is 2.06. The molecular formula is C18H24N6. The van der Waals surface area contributed by atoms with Gasteiger partial charge in [-0.2, -0.15) is 0 Å². The Morgan fingerprint density at radius 2 is 1.08 bits per heavy atom. The van der Waals surface area contributed by atoms with E-state index < -0.39 is 0 Å². The smallest absolute Gasteiger partial charge is 0.0908 e. The summed E-state index contributed by atoms with van der Waals surface area (Å²) in [5, 5.41) is 0. The number of nitrogens with zero attached hydrogens (tertiary/aromatic N) is 4. The van der Waals surface area contributed by atoms with Gasteiger partial charge in [-0.05, 0) is 35.4 Å². The van der Waals surface area contributed by atoms with Crippen molar-refractivity contribution in [1.82, 2.24) is 9.80 Å². The van der Waals surface area contributed by atoms with Crippen LogP contribution >= 0.6 is 0 Å². The molecule has 2 rings (SSSR count). The summed E-state index contributed by atoms with van der Waals surface area (Å²) in [6.07, 6.45) is 3.45. The van der Waals surface area contributed by atoms with Gasteiger partial charge in [0.05, 0.1) is 35.4 Å². The topological polar surface area (TPSA) is 83.2 Å². The van der Waals surface area contributed by atoms with Gasteiger partial charge in [0.15, 0.2) is 0 Å². The van der Waals surface area contributed by atoms with Crippen LogP contribution in [0.3, 0.4) is 0 Å². The highest BCUT2D eigenvalue weighted by Crippen LogP contribution is 2.32. The standard InChI is InChI=1S/C18H24N6/c1-23(2)11-21-17-7-5-13(9-15(17)19)14-6-8-18(16(20)10-14)22-12-24(3)4/h5-12H,19-20H2,1-4H3/b21-11+,22-12+. The Hall–Kier alpha value is -3.02. The van der Waals surface area contributed by atoms with Gasteiger partial charge < -0.3 is 21.3 Å². The van der Waals surface area contributed by atoms with Crippen molar-refractivity contribution in [3.63, 3.8) is 0 Å². The van der Waals surface area contributed by atoms with Crippen LogP contribution in [0.1, 0.15) is 0 Å². The third-order valence-electron chi connectivity index (χ3n) is 3.24. The van der Waals surface area contributed by atoms with Crippen molar-refractivity contribution < 1.29 is 0 Å². The number of benzene rings is 2. The van der Waals surface area contributed by atoms with Crippen molar-refractivity contribution >= 4 is 35.4 Å². The maximum atomic E-state index is 6.10. The molecule has 0 saturated carbocycles. The molecule has 0 radical (unpaired) electrons. The minimum atomic E-state index is 0.624. The molecule has 24 heavy (non-hydrogen) atoms. The fourth-order valence-corrected chi connectivity index (χ4v) is 2.06. The Bertz CT molecular complexity index is 697. The molecule has 0 amide bonds. The van der Waals surface area contributed by atoms with Crippen LogP contribution in [-0.4, -0.2) is 50.7 Å². The van der Waals surface area contributed by atoms with Gasteiger partial charge in [0.25, 0.3) is 0 Å². The third-order valence-corrected chi connectivity index (χ3v) is 3.24. The lowest BCUT2D eigenvalue weighted by molar-refractivity contribution is 0.643. The summed E-state index contributed by atoms with van der Waals surface area (Å²) in [5.41, 5.74) is 16.9. The lowest BCUT2D eigenvalue weighted by Gasteiger charge is -2.09. The van der Waals surface area contributed by atoms with E-state index in [1.54, 1.807) is 12.7 Å². The normalized spacial score (nSPS) is 11.3. The monoisotopic (exact) mass is 324 g/mol. The van der Waals surface area contributed by atoms with E-state index >= 15 is 0 Å². The van der Waals surface area contributed by atoms with Crippen molar-refractivity contribution in [2.45, 2.75) is 0 Å². The maximum Gasteiger partial charge on any atom is 0.0908 e. The van der Waals surface area contributed by atoms with Crippen LogP contribution in [0.4, 0.5) is 22.7 Å². The van der Waals surface area contributed by atoms with Crippen LogP contribution in [0.2, 0.25) is 0 Å². The van der Waals surface area contributed by atoms with Gasteiger partial charge >= 0.3 is 0 Å². The third kappa shape index (κ3) is 4.49. The number of hydrogen-bond donors (Lipinski definition) is 2. The number of rotatable bonds is 5. The van der Waals surface area contributed by atoms with E-state index in [2.05, 4.69) is 9.98 Å². The van der Waals surface area contributed by atoms with Crippen LogP contribution in [0.15, 0.2) is 46.4 Å². The average Bonchev–Trinajstić information content (AvgIpc) is 2.52. The van der Waals surface area contributed by atoms with Gasteiger partial charge in [-0.25, -0.2) is 9.98 Å². The molecule has 0 aromatic heterocycles. The van der Waals surface area contributed by atoms with Gasteiger partial charge in [0.2, 0.25) is 0 Å². The average molecular weight is 324 g/mol. The van der Waals surface area contributed by atoms with E-state index in [-0.39, 0.29) is 0 Å². The summed E-state index contributed by atoms with van der Waals surface area (Å²) in [7, 11) is 7.66. The van der Waals surface area contributed by atoms with E-state index in [1.165, 1.54) is 0 Å². The van der Waals surface area contributed by atoms with Gasteiger partial charge in [0.1, 0.15) is 0 Å². The van der Waals surface area contributed by atoms with Gasteiger partial charge in [0, 0.05) is 28.2 Å². The largest absolute Gasteiger partial charge is 0.397 e. The fraction of sp³-hybridized carbons (Fsp3) is 0.222. The number of aliphatic imine (C=N–C) groups is 2. The van der Waals surface area contributed by atoms with Crippen molar-refractivity contribution in [1.29, 1.82) is 0 Å². The Labute approximate surface area is 143 Å². The number of nitrogens with two attached hydrogens (primary N) is 2. The molecule has 0 bridgehead atoms. The molecule has 0 unspecified atom stereocenters. The van der Waals surface area contributed by atoms with Crippen LogP contribution < -0.4 is 11.5 Å². The summed E-state index contributed by atoms with van der Waals surface area (Å²) in [6.45, 7) is 0. The molecule has 6 heteroatoms. The lowest BCUT2D eigenvalue weighted by Crippen LogP contribution is -2.07. The minimum absolute atomic E-state index is 0.624. The van der Waals surface area contributed by atoms with Crippen molar-refractivity contribution in [3.05, 3.63) is 36.4 Å². The molecule has 0 fully saturated rings. The van der Waals surface area contributed by atoms with E-state index in [0.29, 0.717) is 11.4 Å². The second-order valence-electron chi connectivity index (χ2n) is 5.96. The number of nitrogen functional groups attached to an aromatic ring is 2. The quantitative estimate of drug-likeness (QED) is 0.503. The molecule has 0 heterocycles. The SMILES string of the molecule is CN(C)/C=N/c1ccc(-c2ccc(/N=C/N(C)C)c(N)c2)cc1N. The first kappa shape index (κ1) is 17.3. The summed E-state index contributed by atoms with van der Waals surface area (Å²) < 4.78 is 0. The molecule has 126 valence electrons. The highest BCUT2D eigenvalue weighted by Gasteiger charge is 2.05. The second kappa shape index (κ2) is 7.50. The molecule has 0 spiro atoms. The Morgan fingerprint density at radius 3 is 1.38 bits per heavy atom. The summed E-state index contributed by atoms with van der Waals surface area (Å²) >= 11 is 0. The molecule has 0 aliphatic rings. The number of anilines is 2. The lowest BCUT2D eigenvalue weighted by atomic mass is 10.0. The zero-order chi connectivity index (χ0) is 17.7. The molecule has 2 aromatic rings. The predicted molar refractivity (Wildman–Crippen MR) is 104 cm³/mol. The van der Waals surface area contributed by atoms with E-state index in [4.69, 9.17) is 11.5 Å². The molecule has 6 nitrogen and oxygen atoms in total. The van der Waals surface area contributed by atoms with Gasteiger partial charge in [-0.1, -0.05) is 12.1 Å². The highest BCUT2D eigenvalue weighted by atomic mass is 15.1. The Morgan fingerprint density at radius 1 is 0.708 bits per heavy atom. The number of hydrogen-bond acceptors (Lipinski definition) is 4. The van der Waals surface area contributed by atoms with Crippen molar-refractivity contribution in [3.8, 4) is 11.1 Å². The second-order valence-corrected chi connectivity index (χ2v) is 5.96. The zero-order valence-electron chi connectivity index (χ0n) is 14.6. The molecule has 0 aliphatic heterocycles. The Balaban J connectivity index is 2.29. The predicted octanol–water partition coefficient (Wildman–Crippen LogP) is 2.96. The minimum Gasteiger partial charge on any atom is -0.397 e. The van der Waals surface area contributed by atoms with Crippen LogP contribution in [-0.2, 0) is 0 Å². The van der Waals surface area contributed by atoms with Crippen molar-refractivity contribution in [2.24, 2.45) is 9.98 Å². The van der Waals surface area contributed by atoms with Crippen LogP contribution in [0.5, 0.6) is 0 Å². The molecule has 0 atom stereocenters. The highest BCUT2D eigenvalue weighted by molar-refractivity contribution is 5.80. The van der Waals surface area contributed by atoms with Crippen molar-refractivity contribution in [2.75, 3.05) is 39.7 Å². The first-order valence-electron chi connectivity index (χ1n) is 7.57. The Kier molecular flexibility index (Phi) is 5.42. The first-order chi connectivity index (χ1) is 11.4. The van der Waals surface area contributed by atoms with E-state index in [1.807, 2.05) is 74.4 Å². The molecule has 2 aromatic carbocycles. The first-order valence-corrected chi connectivity index (χ1v) is 7.57. The van der Waals surface area contributed by atoms with Crippen LogP contribution in [0.25, 0.3) is 11.1 Å². The van der Waals surface area contributed by atoms with Crippen LogP contribution in [0, 0.1) is 0 Å². The maximum absolute atomic E-state index is 6.10. The summed E-state index contributed by atoms with van der Waals surface area (Å²) in [5.74, 6) is 0. The van der Waals surface area contributed by atoms with E-state index in [0.717, 1.165) is 22.5 Å². The molecular weight excluding hydrogens is 300 g/mol. The summed E-state index contributed by atoms with van der Waals surface area (Å²) in [6, 6.07) is 11.6. The zero-order valence-corrected chi connectivity index (χ0v) is 14.6. The molecule has 0 aliphatic carbocycles. The van der Waals surface area contributed by atoms with Gasteiger partial charge in [-0.15, -0.1) is 0 Å². The molecule has 0 saturated heterocycles. The van der Waals surface area contributed by atoms with Gasteiger partial charge in [-0.3, -0.25) is 0 Å². The summed E-state index contributed by atoms with van der Waals surface area (Å²) in [4.78, 5) is 12.4.